The number of hydrogen-bond acceptors (Lipinski definition) is 5. The first-order chi connectivity index (χ1) is 11.0. The summed E-state index contributed by atoms with van der Waals surface area (Å²) < 4.78 is 0. The van der Waals surface area contributed by atoms with Gasteiger partial charge in [-0.05, 0) is 27.7 Å². The number of carboxylic acid groups (broad SMARTS) is 1. The molecule has 10 heteroatoms. The maximum absolute atomic E-state index is 11.9. The predicted molar refractivity (Wildman–Crippen MR) is 83.7 cm³/mol. The van der Waals surface area contributed by atoms with Gasteiger partial charge in [0, 0.05) is 6.92 Å². The van der Waals surface area contributed by atoms with E-state index in [0.29, 0.717) is 0 Å². The van der Waals surface area contributed by atoms with E-state index in [2.05, 4.69) is 21.3 Å². The monoisotopic (exact) mass is 344 g/mol. The SMILES string of the molecule is CC(=O)N[C@@H](C)C(=O)N[C@@H](C)C(=O)N[C@@H](C)C(=O)N[C@@H](C)C(=O)O. The van der Waals surface area contributed by atoms with E-state index < -0.39 is 47.9 Å². The van der Waals surface area contributed by atoms with Gasteiger partial charge in [0.1, 0.15) is 24.2 Å². The molecule has 0 unspecified atom stereocenters. The summed E-state index contributed by atoms with van der Waals surface area (Å²) in [4.78, 5) is 57.0. The number of aliphatic carboxylic acids is 1. The molecule has 0 rings (SSSR count). The first-order valence-electron chi connectivity index (χ1n) is 7.36. The highest BCUT2D eigenvalue weighted by Crippen LogP contribution is 1.92. The molecule has 0 saturated heterocycles. The fraction of sp³-hybridized carbons (Fsp3) is 0.643. The molecule has 10 nitrogen and oxygen atoms in total. The van der Waals surface area contributed by atoms with Gasteiger partial charge in [0.05, 0.1) is 0 Å². The molecule has 24 heavy (non-hydrogen) atoms. The highest BCUT2D eigenvalue weighted by Gasteiger charge is 2.24. The topological polar surface area (TPSA) is 154 Å². The second kappa shape index (κ2) is 9.48. The van der Waals surface area contributed by atoms with Crippen LogP contribution in [-0.2, 0) is 24.0 Å². The lowest BCUT2D eigenvalue weighted by molar-refractivity contribution is -0.141. The molecular weight excluding hydrogens is 320 g/mol. The number of rotatable bonds is 8. The van der Waals surface area contributed by atoms with E-state index in [1.807, 2.05) is 0 Å². The molecule has 0 aliphatic carbocycles. The minimum absolute atomic E-state index is 0.382. The summed E-state index contributed by atoms with van der Waals surface area (Å²) in [5, 5.41) is 18.1. The van der Waals surface area contributed by atoms with E-state index in [-0.39, 0.29) is 5.91 Å². The van der Waals surface area contributed by atoms with Gasteiger partial charge in [0.2, 0.25) is 23.6 Å². The number of hydrogen-bond donors (Lipinski definition) is 5. The van der Waals surface area contributed by atoms with Crippen LogP contribution in [0, 0.1) is 0 Å². The Morgan fingerprint density at radius 3 is 1.21 bits per heavy atom. The fourth-order valence-corrected chi connectivity index (χ4v) is 1.58. The molecule has 5 N–H and O–H groups in total. The van der Waals surface area contributed by atoms with Gasteiger partial charge in [-0.2, -0.15) is 0 Å². The lowest BCUT2D eigenvalue weighted by Gasteiger charge is -2.20. The number of carbonyl (C=O) groups excluding carboxylic acids is 4. The molecule has 0 radical (unpaired) electrons. The molecule has 0 bridgehead atoms. The van der Waals surface area contributed by atoms with E-state index in [4.69, 9.17) is 5.11 Å². The first-order valence-corrected chi connectivity index (χ1v) is 7.36. The number of carbonyl (C=O) groups is 5. The summed E-state index contributed by atoms with van der Waals surface area (Å²) >= 11 is 0. The summed E-state index contributed by atoms with van der Waals surface area (Å²) in [6.45, 7) is 6.82. The summed E-state index contributed by atoms with van der Waals surface area (Å²) in [6.07, 6.45) is 0. The highest BCUT2D eigenvalue weighted by atomic mass is 16.4. The maximum Gasteiger partial charge on any atom is 0.325 e. The molecule has 4 atom stereocenters. The Balaban J connectivity index is 4.48. The smallest absolute Gasteiger partial charge is 0.325 e. The molecule has 0 spiro atoms. The molecule has 0 aliphatic heterocycles. The van der Waals surface area contributed by atoms with Crippen LogP contribution < -0.4 is 21.3 Å². The largest absolute Gasteiger partial charge is 0.480 e. The maximum atomic E-state index is 11.9. The standard InChI is InChI=1S/C14H24N4O6/c1-6(15-10(5)19)11(20)16-7(2)12(21)17-8(3)13(22)18-9(4)14(23)24/h6-9H,1-5H3,(H,15,19)(H,16,20)(H,17,21)(H,18,22)(H,23,24)/t6-,7-,8-,9-/m0/s1. The predicted octanol–water partition coefficient (Wildman–Crippen LogP) is -1.89. The number of nitrogens with one attached hydrogen (secondary N) is 4. The minimum Gasteiger partial charge on any atom is -0.480 e. The van der Waals surface area contributed by atoms with Crippen molar-refractivity contribution < 1.29 is 29.1 Å². The summed E-state index contributed by atoms with van der Waals surface area (Å²) in [5.74, 6) is -3.42. The van der Waals surface area contributed by atoms with Crippen molar-refractivity contribution in [3.63, 3.8) is 0 Å². The van der Waals surface area contributed by atoms with Crippen molar-refractivity contribution in [2.45, 2.75) is 58.8 Å². The highest BCUT2D eigenvalue weighted by molar-refractivity contribution is 5.94. The van der Waals surface area contributed by atoms with Crippen molar-refractivity contribution in [2.24, 2.45) is 0 Å². The quantitative estimate of drug-likeness (QED) is 0.347. The van der Waals surface area contributed by atoms with E-state index in [1.54, 1.807) is 0 Å². The Hall–Kier alpha value is -2.65. The zero-order valence-electron chi connectivity index (χ0n) is 14.3. The molecule has 136 valence electrons. The van der Waals surface area contributed by atoms with Crippen LogP contribution in [-0.4, -0.2) is 58.9 Å². The van der Waals surface area contributed by atoms with Gasteiger partial charge in [0.15, 0.2) is 0 Å². The Bertz CT molecular complexity index is 521. The Kier molecular flexibility index (Phi) is 8.43. The van der Waals surface area contributed by atoms with Crippen LogP contribution in [0.2, 0.25) is 0 Å². The van der Waals surface area contributed by atoms with Crippen LogP contribution in [0.1, 0.15) is 34.6 Å². The molecule has 0 aromatic carbocycles. The fourth-order valence-electron chi connectivity index (χ4n) is 1.58. The summed E-state index contributed by atoms with van der Waals surface area (Å²) in [5.41, 5.74) is 0. The molecule has 4 amide bonds. The van der Waals surface area contributed by atoms with Crippen LogP contribution >= 0.6 is 0 Å². The Labute approximate surface area is 139 Å². The van der Waals surface area contributed by atoms with Gasteiger partial charge in [-0.25, -0.2) is 0 Å². The van der Waals surface area contributed by atoms with Crippen LogP contribution in [0.15, 0.2) is 0 Å². The van der Waals surface area contributed by atoms with Crippen LogP contribution in [0.5, 0.6) is 0 Å². The van der Waals surface area contributed by atoms with Gasteiger partial charge >= 0.3 is 5.97 Å². The van der Waals surface area contributed by atoms with E-state index in [1.165, 1.54) is 34.6 Å². The summed E-state index contributed by atoms with van der Waals surface area (Å²) in [6, 6.07) is -3.82. The molecule has 0 heterocycles. The minimum atomic E-state index is -1.20. The Morgan fingerprint density at radius 2 is 0.917 bits per heavy atom. The molecule has 0 aromatic rings. The zero-order valence-corrected chi connectivity index (χ0v) is 14.3. The average Bonchev–Trinajstić information content (AvgIpc) is 2.45. The number of amides is 4. The van der Waals surface area contributed by atoms with Gasteiger partial charge in [-0.1, -0.05) is 0 Å². The third kappa shape index (κ3) is 7.56. The average molecular weight is 344 g/mol. The van der Waals surface area contributed by atoms with Crippen molar-refractivity contribution in [1.82, 2.24) is 21.3 Å². The van der Waals surface area contributed by atoms with E-state index in [0.717, 1.165) is 0 Å². The third-order valence-electron chi connectivity index (χ3n) is 3.05. The molecule has 0 aliphatic rings. The van der Waals surface area contributed by atoms with Crippen molar-refractivity contribution in [1.29, 1.82) is 0 Å². The van der Waals surface area contributed by atoms with Crippen LogP contribution in [0.3, 0.4) is 0 Å². The second-order valence-electron chi connectivity index (χ2n) is 5.45. The first kappa shape index (κ1) is 21.4. The Morgan fingerprint density at radius 1 is 0.625 bits per heavy atom. The van der Waals surface area contributed by atoms with Crippen molar-refractivity contribution in [2.75, 3.05) is 0 Å². The van der Waals surface area contributed by atoms with Crippen molar-refractivity contribution >= 4 is 29.6 Å². The van der Waals surface area contributed by atoms with Crippen molar-refractivity contribution in [3.05, 3.63) is 0 Å². The van der Waals surface area contributed by atoms with Gasteiger partial charge in [0.25, 0.3) is 0 Å². The van der Waals surface area contributed by atoms with Gasteiger partial charge in [-0.15, -0.1) is 0 Å². The van der Waals surface area contributed by atoms with Crippen molar-refractivity contribution in [3.8, 4) is 0 Å². The zero-order chi connectivity index (χ0) is 19.0. The third-order valence-corrected chi connectivity index (χ3v) is 3.05. The lowest BCUT2D eigenvalue weighted by Crippen LogP contribution is -2.55. The summed E-state index contributed by atoms with van der Waals surface area (Å²) in [7, 11) is 0. The normalized spacial score (nSPS) is 15.2. The molecule has 0 saturated carbocycles. The molecule has 0 aromatic heterocycles. The molecule has 0 fully saturated rings. The van der Waals surface area contributed by atoms with Gasteiger partial charge < -0.3 is 26.4 Å². The second-order valence-corrected chi connectivity index (χ2v) is 5.45. The molecular formula is C14H24N4O6. The van der Waals surface area contributed by atoms with E-state index in [9.17, 15) is 24.0 Å². The van der Waals surface area contributed by atoms with Gasteiger partial charge in [-0.3, -0.25) is 24.0 Å². The lowest BCUT2D eigenvalue weighted by atomic mass is 10.2. The van der Waals surface area contributed by atoms with Crippen LogP contribution in [0.4, 0.5) is 0 Å². The van der Waals surface area contributed by atoms with Crippen LogP contribution in [0.25, 0.3) is 0 Å². The van der Waals surface area contributed by atoms with E-state index >= 15 is 0 Å². The number of carboxylic acids is 1.